The van der Waals surface area contributed by atoms with Crippen LogP contribution in [-0.2, 0) is 20.8 Å². The number of hydrogen-bond acceptors (Lipinski definition) is 3. The first-order chi connectivity index (χ1) is 16.4. The van der Waals surface area contributed by atoms with Crippen LogP contribution in [-0.4, -0.2) is 28.7 Å². The molecule has 4 aliphatic carbocycles. The Bertz CT molecular complexity index is 1210. The molecule has 3 amide bonds. The minimum absolute atomic E-state index is 0.120. The van der Waals surface area contributed by atoms with Crippen LogP contribution in [0.5, 0.6) is 0 Å². The number of anilines is 1. The number of imide groups is 1. The number of allylic oxidation sites excluding steroid dienone is 2. The summed E-state index contributed by atoms with van der Waals surface area (Å²) < 4.78 is 0.737. The number of halogens is 2. The Morgan fingerprint density at radius 1 is 1.06 bits per heavy atom. The van der Waals surface area contributed by atoms with Gasteiger partial charge in [0.2, 0.25) is 17.7 Å². The molecule has 0 aromatic heterocycles. The van der Waals surface area contributed by atoms with E-state index in [1.165, 1.54) is 4.90 Å². The zero-order valence-electron chi connectivity index (χ0n) is 18.6. The molecule has 3 fully saturated rings. The zero-order chi connectivity index (χ0) is 23.7. The fraction of sp³-hybridized carbons (Fsp3) is 0.370. The van der Waals surface area contributed by atoms with E-state index in [1.54, 1.807) is 12.1 Å². The van der Waals surface area contributed by atoms with Gasteiger partial charge in [-0.25, -0.2) is 0 Å². The van der Waals surface area contributed by atoms with Crippen molar-refractivity contribution in [3.05, 3.63) is 75.2 Å². The van der Waals surface area contributed by atoms with Crippen molar-refractivity contribution in [2.24, 2.45) is 35.5 Å². The van der Waals surface area contributed by atoms with Gasteiger partial charge in [-0.15, -0.1) is 0 Å². The van der Waals surface area contributed by atoms with Gasteiger partial charge in [0.15, 0.2) is 0 Å². The van der Waals surface area contributed by atoms with Crippen molar-refractivity contribution >= 4 is 50.9 Å². The quantitative estimate of drug-likeness (QED) is 0.429. The van der Waals surface area contributed by atoms with E-state index in [-0.39, 0.29) is 47.8 Å². The minimum Gasteiger partial charge on any atom is -0.324 e. The first kappa shape index (κ1) is 22.1. The molecule has 1 heterocycles. The zero-order valence-corrected chi connectivity index (χ0v) is 20.9. The van der Waals surface area contributed by atoms with E-state index in [0.29, 0.717) is 22.5 Å². The summed E-state index contributed by atoms with van der Waals surface area (Å²) in [4.78, 5) is 42.4. The predicted molar refractivity (Wildman–Crippen MR) is 133 cm³/mol. The monoisotopic (exact) mass is 538 g/mol. The Labute approximate surface area is 211 Å². The number of nitrogens with zero attached hydrogens (tertiary/aromatic N) is 1. The van der Waals surface area contributed by atoms with Crippen LogP contribution in [0.15, 0.2) is 59.1 Å². The summed E-state index contributed by atoms with van der Waals surface area (Å²) in [6, 6.07) is 12.2. The highest BCUT2D eigenvalue weighted by Crippen LogP contribution is 2.65. The van der Waals surface area contributed by atoms with Gasteiger partial charge in [0.05, 0.1) is 16.9 Å². The summed E-state index contributed by atoms with van der Waals surface area (Å²) in [5, 5.41) is 3.46. The van der Waals surface area contributed by atoms with Gasteiger partial charge in [-0.3, -0.25) is 19.3 Å². The normalized spacial score (nSPS) is 31.3. The van der Waals surface area contributed by atoms with Crippen LogP contribution >= 0.6 is 27.5 Å². The number of hydrogen-bond donors (Lipinski definition) is 1. The lowest BCUT2D eigenvalue weighted by Crippen LogP contribution is -2.49. The van der Waals surface area contributed by atoms with E-state index in [9.17, 15) is 14.4 Å². The Hall–Kier alpha value is -2.44. The molecule has 7 unspecified atom stereocenters. The smallest absolute Gasteiger partial charge is 0.248 e. The predicted octanol–water partition coefficient (Wildman–Crippen LogP) is 5.01. The lowest BCUT2D eigenvalue weighted by Gasteiger charge is -2.37. The third-order valence-electron chi connectivity index (χ3n) is 8.18. The van der Waals surface area contributed by atoms with Crippen LogP contribution in [0, 0.1) is 42.4 Å². The average molecular weight is 540 g/mol. The molecule has 2 bridgehead atoms. The van der Waals surface area contributed by atoms with Gasteiger partial charge in [0.1, 0.15) is 6.04 Å². The SMILES string of the molecule is Cc1c(NC(=O)C(Cc2ccccc2)N2C(=O)C3C4C=CC(C5CC45)C3C2=O)ccc(Br)c1Cl. The highest BCUT2D eigenvalue weighted by Gasteiger charge is 2.67. The average Bonchev–Trinajstić information content (AvgIpc) is 3.62. The van der Waals surface area contributed by atoms with Crippen LogP contribution in [0.3, 0.4) is 0 Å². The first-order valence-electron chi connectivity index (χ1n) is 11.7. The van der Waals surface area contributed by atoms with Crippen molar-refractivity contribution in [3.63, 3.8) is 0 Å². The van der Waals surface area contributed by atoms with Gasteiger partial charge >= 0.3 is 0 Å². The van der Waals surface area contributed by atoms with Gasteiger partial charge in [0.25, 0.3) is 0 Å². The Morgan fingerprint density at radius 3 is 2.29 bits per heavy atom. The highest BCUT2D eigenvalue weighted by molar-refractivity contribution is 9.10. The second-order valence-corrected chi connectivity index (χ2v) is 11.2. The topological polar surface area (TPSA) is 66.5 Å². The second kappa shape index (κ2) is 8.06. The molecule has 174 valence electrons. The van der Waals surface area contributed by atoms with Crippen LogP contribution < -0.4 is 5.32 Å². The molecule has 1 N–H and O–H groups in total. The third kappa shape index (κ3) is 3.29. The number of likely N-dealkylation sites (tertiary alicyclic amines) is 1. The fourth-order valence-corrected chi connectivity index (χ4v) is 7.02. The number of nitrogens with one attached hydrogen (secondary N) is 1. The summed E-state index contributed by atoms with van der Waals surface area (Å²) in [6.45, 7) is 1.82. The van der Waals surface area contributed by atoms with Gasteiger partial charge in [-0.1, -0.05) is 54.1 Å². The molecule has 1 aliphatic heterocycles. The molecule has 34 heavy (non-hydrogen) atoms. The molecule has 7 heteroatoms. The second-order valence-electron chi connectivity index (χ2n) is 9.93. The maximum absolute atomic E-state index is 13.7. The molecule has 5 aliphatic rings. The molecule has 7 rings (SSSR count). The summed E-state index contributed by atoms with van der Waals surface area (Å²) in [7, 11) is 0. The van der Waals surface area contributed by atoms with Crippen LogP contribution in [0.2, 0.25) is 5.02 Å². The number of carbonyl (C=O) groups is 3. The van der Waals surface area contributed by atoms with E-state index in [0.717, 1.165) is 22.0 Å². The number of amides is 3. The van der Waals surface area contributed by atoms with Crippen molar-refractivity contribution in [2.75, 3.05) is 5.32 Å². The molecule has 2 aromatic rings. The maximum atomic E-state index is 13.7. The van der Waals surface area contributed by atoms with E-state index in [2.05, 4.69) is 33.4 Å². The van der Waals surface area contributed by atoms with Crippen LogP contribution in [0.1, 0.15) is 17.5 Å². The van der Waals surface area contributed by atoms with Gasteiger partial charge in [-0.05, 0) is 76.2 Å². The summed E-state index contributed by atoms with van der Waals surface area (Å²) in [6.07, 6.45) is 5.66. The summed E-state index contributed by atoms with van der Waals surface area (Å²) >= 11 is 9.77. The highest BCUT2D eigenvalue weighted by atomic mass is 79.9. The van der Waals surface area contributed by atoms with Gasteiger partial charge in [0, 0.05) is 16.6 Å². The number of rotatable bonds is 5. The molecular weight excluding hydrogens is 516 g/mol. The molecule has 0 spiro atoms. The van der Waals surface area contributed by atoms with E-state index < -0.39 is 6.04 Å². The van der Waals surface area contributed by atoms with Crippen LogP contribution in [0.4, 0.5) is 5.69 Å². The summed E-state index contributed by atoms with van der Waals surface area (Å²) in [5.41, 5.74) is 2.18. The van der Waals surface area contributed by atoms with Crippen molar-refractivity contribution in [2.45, 2.75) is 25.8 Å². The van der Waals surface area contributed by atoms with Crippen LogP contribution in [0.25, 0.3) is 0 Å². The minimum atomic E-state index is -0.925. The lowest BCUT2D eigenvalue weighted by atomic mass is 9.63. The molecule has 1 saturated heterocycles. The molecule has 7 atom stereocenters. The third-order valence-corrected chi connectivity index (χ3v) is 9.56. The molecular formula is C27H24BrClN2O3. The molecule has 0 radical (unpaired) electrons. The van der Waals surface area contributed by atoms with Crippen molar-refractivity contribution in [1.29, 1.82) is 0 Å². The lowest BCUT2D eigenvalue weighted by molar-refractivity contribution is -0.146. The largest absolute Gasteiger partial charge is 0.324 e. The first-order valence-corrected chi connectivity index (χ1v) is 12.9. The van der Waals surface area contributed by atoms with E-state index in [1.807, 2.05) is 37.3 Å². The Balaban J connectivity index is 1.34. The van der Waals surface area contributed by atoms with Gasteiger partial charge < -0.3 is 5.32 Å². The van der Waals surface area contributed by atoms with Crippen molar-refractivity contribution < 1.29 is 14.4 Å². The molecule has 2 saturated carbocycles. The maximum Gasteiger partial charge on any atom is 0.248 e. The molecule has 5 nitrogen and oxygen atoms in total. The number of carbonyl (C=O) groups excluding carboxylic acids is 3. The standard InChI is InChI=1S/C27H24BrClN2O3/c1-13-20(10-9-19(28)24(13)29)30-25(32)21(11-14-5-3-2-4-6-14)31-26(33)22-15-7-8-16(18-12-17(15)18)23(22)27(31)34/h2-10,15-18,21-23H,11-12H2,1H3,(H,30,32). The van der Waals surface area contributed by atoms with Crippen molar-refractivity contribution in [3.8, 4) is 0 Å². The Morgan fingerprint density at radius 2 is 1.68 bits per heavy atom. The molecule has 2 aromatic carbocycles. The Kier molecular flexibility index (Phi) is 5.23. The number of benzene rings is 2. The van der Waals surface area contributed by atoms with Gasteiger partial charge in [-0.2, -0.15) is 0 Å². The van der Waals surface area contributed by atoms with E-state index >= 15 is 0 Å². The van der Waals surface area contributed by atoms with Crippen molar-refractivity contribution in [1.82, 2.24) is 4.90 Å². The fourth-order valence-electron chi connectivity index (χ4n) is 6.43. The van der Waals surface area contributed by atoms with E-state index in [4.69, 9.17) is 11.6 Å². The summed E-state index contributed by atoms with van der Waals surface area (Å²) in [5.74, 6) is -0.158.